The van der Waals surface area contributed by atoms with Gasteiger partial charge in [-0.15, -0.1) is 11.8 Å². The number of hydrogen-bond donors (Lipinski definition) is 0. The number of nitrogens with zero attached hydrogens (tertiary/aromatic N) is 1. The largest absolute Gasteiger partial charge is 0.468 e. The van der Waals surface area contributed by atoms with Crippen LogP contribution in [-0.2, 0) is 14.3 Å². The Morgan fingerprint density at radius 2 is 2.06 bits per heavy atom. The molecule has 0 saturated carbocycles. The van der Waals surface area contributed by atoms with Crippen molar-refractivity contribution in [1.29, 1.82) is 0 Å². The molecule has 0 aromatic carbocycles. The molecule has 4 nitrogen and oxygen atoms in total. The van der Waals surface area contributed by atoms with Crippen LogP contribution in [-0.4, -0.2) is 48.0 Å². The van der Waals surface area contributed by atoms with Gasteiger partial charge in [0.05, 0.1) is 12.9 Å². The van der Waals surface area contributed by atoms with Crippen LogP contribution in [0.5, 0.6) is 0 Å². The van der Waals surface area contributed by atoms with E-state index in [9.17, 15) is 9.59 Å². The number of rotatable bonds is 4. The van der Waals surface area contributed by atoms with Gasteiger partial charge in [-0.25, -0.2) is 0 Å². The standard InChI is InChI=1S/C13H23NO3S/c1-13(2,3)7-11(15)14-6-5-10(8-14)18-9-12(16)17-4/h10H,5-9H2,1-4H3/t10-/m1/s1. The van der Waals surface area contributed by atoms with Gasteiger partial charge in [-0.1, -0.05) is 20.8 Å². The molecular weight excluding hydrogens is 250 g/mol. The van der Waals surface area contributed by atoms with Crippen LogP contribution in [0, 0.1) is 5.41 Å². The fourth-order valence-corrected chi connectivity index (χ4v) is 2.95. The highest BCUT2D eigenvalue weighted by Gasteiger charge is 2.29. The van der Waals surface area contributed by atoms with Crippen molar-refractivity contribution in [3.63, 3.8) is 0 Å². The number of methoxy groups -OCH3 is 1. The minimum absolute atomic E-state index is 0.0360. The maximum absolute atomic E-state index is 12.0. The average molecular weight is 273 g/mol. The third kappa shape index (κ3) is 5.29. The highest BCUT2D eigenvalue weighted by atomic mass is 32.2. The second-order valence-electron chi connectivity index (χ2n) is 5.88. The third-order valence-corrected chi connectivity index (χ3v) is 4.10. The molecule has 0 aromatic heterocycles. The molecule has 1 amide bonds. The smallest absolute Gasteiger partial charge is 0.315 e. The van der Waals surface area contributed by atoms with Crippen molar-refractivity contribution in [2.75, 3.05) is 26.0 Å². The Balaban J connectivity index is 2.32. The summed E-state index contributed by atoms with van der Waals surface area (Å²) in [5.74, 6) is 0.408. The van der Waals surface area contributed by atoms with E-state index in [1.54, 1.807) is 11.8 Å². The van der Waals surface area contributed by atoms with Crippen LogP contribution in [0.1, 0.15) is 33.6 Å². The van der Waals surface area contributed by atoms with E-state index >= 15 is 0 Å². The van der Waals surface area contributed by atoms with Crippen molar-refractivity contribution < 1.29 is 14.3 Å². The van der Waals surface area contributed by atoms with Crippen LogP contribution in [0.15, 0.2) is 0 Å². The van der Waals surface area contributed by atoms with Gasteiger partial charge in [0.1, 0.15) is 0 Å². The summed E-state index contributed by atoms with van der Waals surface area (Å²) in [6.07, 6.45) is 1.55. The van der Waals surface area contributed by atoms with E-state index in [0.717, 1.165) is 19.5 Å². The summed E-state index contributed by atoms with van der Waals surface area (Å²) in [6.45, 7) is 7.80. The molecule has 0 aromatic rings. The Morgan fingerprint density at radius 1 is 1.39 bits per heavy atom. The third-order valence-electron chi connectivity index (χ3n) is 2.84. The lowest BCUT2D eigenvalue weighted by atomic mass is 9.92. The first-order chi connectivity index (χ1) is 8.31. The number of ether oxygens (including phenoxy) is 1. The number of carbonyl (C=O) groups excluding carboxylic acids is 2. The van der Waals surface area contributed by atoms with Gasteiger partial charge in [-0.3, -0.25) is 9.59 Å². The van der Waals surface area contributed by atoms with Gasteiger partial charge in [0.2, 0.25) is 5.91 Å². The molecule has 5 heteroatoms. The Kier molecular flexibility index (Phi) is 5.50. The van der Waals surface area contributed by atoms with Crippen LogP contribution in [0.25, 0.3) is 0 Å². The second kappa shape index (κ2) is 6.45. The minimum atomic E-state index is -0.195. The molecule has 0 aliphatic carbocycles. The number of carbonyl (C=O) groups is 2. The summed E-state index contributed by atoms with van der Waals surface area (Å²) in [7, 11) is 1.40. The molecule has 0 unspecified atom stereocenters. The van der Waals surface area contributed by atoms with Gasteiger partial charge in [0, 0.05) is 24.8 Å². The topological polar surface area (TPSA) is 46.6 Å². The first kappa shape index (κ1) is 15.3. The van der Waals surface area contributed by atoms with Gasteiger partial charge >= 0.3 is 5.97 Å². The van der Waals surface area contributed by atoms with Crippen molar-refractivity contribution in [3.05, 3.63) is 0 Å². The van der Waals surface area contributed by atoms with E-state index in [1.165, 1.54) is 7.11 Å². The molecule has 18 heavy (non-hydrogen) atoms. The lowest BCUT2D eigenvalue weighted by Gasteiger charge is -2.22. The highest BCUT2D eigenvalue weighted by molar-refractivity contribution is 8.00. The highest BCUT2D eigenvalue weighted by Crippen LogP contribution is 2.26. The van der Waals surface area contributed by atoms with Crippen molar-refractivity contribution in [2.24, 2.45) is 5.41 Å². The van der Waals surface area contributed by atoms with Crippen LogP contribution < -0.4 is 0 Å². The lowest BCUT2D eigenvalue weighted by molar-refractivity contribution is -0.137. The molecule has 1 saturated heterocycles. The number of amides is 1. The molecule has 1 heterocycles. The quantitative estimate of drug-likeness (QED) is 0.734. The van der Waals surface area contributed by atoms with Crippen LogP contribution >= 0.6 is 11.8 Å². The maximum Gasteiger partial charge on any atom is 0.315 e. The molecule has 104 valence electrons. The predicted molar refractivity (Wildman–Crippen MR) is 73.5 cm³/mol. The van der Waals surface area contributed by atoms with Crippen LogP contribution in [0.2, 0.25) is 0 Å². The number of likely N-dealkylation sites (tertiary alicyclic amines) is 1. The minimum Gasteiger partial charge on any atom is -0.468 e. The molecule has 0 bridgehead atoms. The predicted octanol–water partition coefficient (Wildman–Crippen LogP) is 1.93. The lowest BCUT2D eigenvalue weighted by Crippen LogP contribution is -2.32. The number of hydrogen-bond acceptors (Lipinski definition) is 4. The Hall–Kier alpha value is -0.710. The van der Waals surface area contributed by atoms with Gasteiger partial charge in [-0.05, 0) is 11.8 Å². The second-order valence-corrected chi connectivity index (χ2v) is 7.16. The van der Waals surface area contributed by atoms with E-state index in [4.69, 9.17) is 0 Å². The van der Waals surface area contributed by atoms with Gasteiger partial charge in [0.25, 0.3) is 0 Å². The Morgan fingerprint density at radius 3 is 2.61 bits per heavy atom. The monoisotopic (exact) mass is 273 g/mol. The van der Waals surface area contributed by atoms with Crippen molar-refractivity contribution in [2.45, 2.75) is 38.9 Å². The SMILES string of the molecule is COC(=O)CS[C@@H]1CCN(C(=O)CC(C)(C)C)C1. The normalized spacial score (nSPS) is 20.0. The number of thioether (sulfide) groups is 1. The Bertz CT molecular complexity index is 312. The van der Waals surface area contributed by atoms with E-state index in [-0.39, 0.29) is 17.3 Å². The summed E-state index contributed by atoms with van der Waals surface area (Å²) in [6, 6.07) is 0. The Labute approximate surface area is 113 Å². The van der Waals surface area contributed by atoms with Crippen molar-refractivity contribution >= 4 is 23.6 Å². The molecule has 1 aliphatic rings. The van der Waals surface area contributed by atoms with E-state index in [2.05, 4.69) is 25.5 Å². The summed E-state index contributed by atoms with van der Waals surface area (Å²) < 4.78 is 4.61. The van der Waals surface area contributed by atoms with Crippen molar-refractivity contribution in [1.82, 2.24) is 4.90 Å². The molecule has 1 atom stereocenters. The summed E-state index contributed by atoms with van der Waals surface area (Å²) in [4.78, 5) is 25.0. The van der Waals surface area contributed by atoms with Crippen molar-refractivity contribution in [3.8, 4) is 0 Å². The average Bonchev–Trinajstić information content (AvgIpc) is 2.72. The zero-order chi connectivity index (χ0) is 13.8. The molecule has 1 fully saturated rings. The van der Waals surface area contributed by atoms with E-state index in [1.807, 2.05) is 4.90 Å². The summed E-state index contributed by atoms with van der Waals surface area (Å²) >= 11 is 1.59. The maximum atomic E-state index is 12.0. The van der Waals surface area contributed by atoms with E-state index < -0.39 is 0 Å². The molecule has 0 spiro atoms. The molecule has 1 aliphatic heterocycles. The van der Waals surface area contributed by atoms with Gasteiger partial charge in [0.15, 0.2) is 0 Å². The fourth-order valence-electron chi connectivity index (χ4n) is 1.90. The van der Waals surface area contributed by atoms with Crippen LogP contribution in [0.4, 0.5) is 0 Å². The fraction of sp³-hybridized carbons (Fsp3) is 0.846. The molecule has 1 rings (SSSR count). The van der Waals surface area contributed by atoms with Gasteiger partial charge in [-0.2, -0.15) is 0 Å². The van der Waals surface area contributed by atoms with Crippen LogP contribution in [0.3, 0.4) is 0 Å². The zero-order valence-electron chi connectivity index (χ0n) is 11.7. The summed E-state index contributed by atoms with van der Waals surface area (Å²) in [5, 5.41) is 0.369. The van der Waals surface area contributed by atoms with Gasteiger partial charge < -0.3 is 9.64 Å². The zero-order valence-corrected chi connectivity index (χ0v) is 12.5. The first-order valence-corrected chi connectivity index (χ1v) is 7.33. The molecule has 0 N–H and O–H groups in total. The molecular formula is C13H23NO3S. The van der Waals surface area contributed by atoms with E-state index in [0.29, 0.717) is 17.4 Å². The first-order valence-electron chi connectivity index (χ1n) is 6.28. The molecule has 0 radical (unpaired) electrons. The number of esters is 1. The summed E-state index contributed by atoms with van der Waals surface area (Å²) in [5.41, 5.74) is 0.0360.